The summed E-state index contributed by atoms with van der Waals surface area (Å²) in [4.78, 5) is 29.0. The quantitative estimate of drug-likeness (QED) is 0.404. The van der Waals surface area contributed by atoms with Gasteiger partial charge in [0.15, 0.2) is 0 Å². The van der Waals surface area contributed by atoms with E-state index in [0.29, 0.717) is 25.1 Å². The fraction of sp³-hybridized carbons (Fsp3) is 0.517. The second-order valence-electron chi connectivity index (χ2n) is 11.1. The Hall–Kier alpha value is -3.14. The Balaban J connectivity index is 1.30. The van der Waals surface area contributed by atoms with Gasteiger partial charge >= 0.3 is 12.2 Å². The van der Waals surface area contributed by atoms with Crippen molar-refractivity contribution in [3.8, 4) is 0 Å². The van der Waals surface area contributed by atoms with E-state index < -0.39 is 23.6 Å². The summed E-state index contributed by atoms with van der Waals surface area (Å²) in [5.41, 5.74) is 0.514. The molecule has 0 radical (unpaired) electrons. The molecule has 1 aliphatic heterocycles. The molecule has 2 N–H and O–H groups in total. The third-order valence-corrected chi connectivity index (χ3v) is 8.55. The van der Waals surface area contributed by atoms with Crippen molar-refractivity contribution >= 4 is 23.3 Å². The van der Waals surface area contributed by atoms with E-state index in [1.807, 2.05) is 18.2 Å². The van der Waals surface area contributed by atoms with Crippen molar-refractivity contribution in [2.45, 2.75) is 63.1 Å². The first-order chi connectivity index (χ1) is 18.5. The van der Waals surface area contributed by atoms with Crippen LogP contribution >= 0.6 is 0 Å². The van der Waals surface area contributed by atoms with Crippen molar-refractivity contribution in [2.24, 2.45) is 5.92 Å². The molecule has 1 saturated heterocycles. The summed E-state index contributed by atoms with van der Waals surface area (Å²) in [6, 6.07) is 9.99. The average molecular weight is 547 g/mol. The zero-order valence-corrected chi connectivity index (χ0v) is 22.0. The number of benzene rings is 2. The van der Waals surface area contributed by atoms with E-state index in [2.05, 4.69) is 21.6 Å². The number of hydrogen-bond donors (Lipinski definition) is 2. The molecule has 0 bridgehead atoms. The smallest absolute Gasteiger partial charge is 0.326 e. The lowest BCUT2D eigenvalue weighted by molar-refractivity contribution is -0.139. The van der Waals surface area contributed by atoms with Gasteiger partial charge in [0.25, 0.3) is 0 Å². The van der Waals surface area contributed by atoms with Crippen molar-refractivity contribution in [1.82, 2.24) is 9.80 Å². The van der Waals surface area contributed by atoms with Crippen LogP contribution in [0.4, 0.5) is 33.7 Å². The second kappa shape index (κ2) is 10.8. The van der Waals surface area contributed by atoms with Crippen LogP contribution in [0.5, 0.6) is 0 Å². The molecule has 0 aromatic heterocycles. The summed E-state index contributed by atoms with van der Waals surface area (Å²) >= 11 is 0. The molecule has 1 unspecified atom stereocenters. The Bertz CT molecular complexity index is 1230. The molecule has 6 nitrogen and oxygen atoms in total. The molecule has 2 aromatic rings. The molecule has 39 heavy (non-hydrogen) atoms. The number of alkyl halides is 3. The van der Waals surface area contributed by atoms with Gasteiger partial charge in [-0.1, -0.05) is 12.1 Å². The van der Waals surface area contributed by atoms with Gasteiger partial charge in [-0.2, -0.15) is 13.2 Å². The molecule has 2 aromatic carbocycles. The van der Waals surface area contributed by atoms with Crippen LogP contribution in [0.15, 0.2) is 42.5 Å². The summed E-state index contributed by atoms with van der Waals surface area (Å²) in [5.74, 6) is -1.11. The second-order valence-corrected chi connectivity index (χ2v) is 11.1. The van der Waals surface area contributed by atoms with Gasteiger partial charge < -0.3 is 20.4 Å². The molecule has 3 aliphatic rings. The summed E-state index contributed by atoms with van der Waals surface area (Å²) in [7, 11) is 0. The zero-order valence-electron chi connectivity index (χ0n) is 22.0. The van der Waals surface area contributed by atoms with Crippen LogP contribution in [-0.4, -0.2) is 54.0 Å². The summed E-state index contributed by atoms with van der Waals surface area (Å²) in [6.45, 7) is 4.61. The van der Waals surface area contributed by atoms with Crippen LogP contribution in [0, 0.1) is 11.7 Å². The third-order valence-electron chi connectivity index (χ3n) is 8.55. The van der Waals surface area contributed by atoms with Gasteiger partial charge in [0, 0.05) is 37.4 Å². The molecule has 10 heteroatoms. The molecular weight excluding hydrogens is 512 g/mol. The highest BCUT2D eigenvalue weighted by Crippen LogP contribution is 2.63. The normalized spacial score (nSPS) is 24.6. The van der Waals surface area contributed by atoms with Crippen LogP contribution in [0.2, 0.25) is 0 Å². The Kier molecular flexibility index (Phi) is 7.59. The van der Waals surface area contributed by atoms with Gasteiger partial charge in [-0.15, -0.1) is 0 Å². The van der Waals surface area contributed by atoms with E-state index in [1.165, 1.54) is 12.5 Å². The van der Waals surface area contributed by atoms with Crippen LogP contribution < -0.4 is 10.6 Å². The van der Waals surface area contributed by atoms with E-state index in [9.17, 15) is 27.2 Å². The number of nitrogens with one attached hydrogen (secondary N) is 2. The van der Waals surface area contributed by atoms with Crippen LogP contribution in [-0.2, 0) is 16.4 Å². The summed E-state index contributed by atoms with van der Waals surface area (Å²) in [6.07, 6.45) is 0.841. The van der Waals surface area contributed by atoms with Crippen LogP contribution in [0.1, 0.15) is 56.6 Å². The lowest BCUT2D eigenvalue weighted by atomic mass is 9.80. The number of halogens is 4. The number of rotatable bonds is 7. The number of carbonyl (C=O) groups is 2. The standard InChI is InChI=1S/C29H34F4N4O2/c1-19(38)34-22-6-4-5-20(15-22)28-10-9-24(16-21(28)18-28)37(14-13-36-11-2-3-12-36)27(39)35-23-7-8-26(30)25(17-23)29(31,32)33/h4-8,15,17,21,24H,2-3,9-14,16,18H2,1H3,(H,34,38)(H,35,39)/t21?,24-,28-/m1/s1. The Labute approximate surface area is 225 Å². The van der Waals surface area contributed by atoms with Gasteiger partial charge in [0.05, 0.1) is 5.56 Å². The monoisotopic (exact) mass is 546 g/mol. The van der Waals surface area contributed by atoms with Crippen molar-refractivity contribution < 1.29 is 27.2 Å². The first-order valence-corrected chi connectivity index (χ1v) is 13.6. The topological polar surface area (TPSA) is 64.7 Å². The maximum atomic E-state index is 13.8. The number of nitrogens with zero attached hydrogens (tertiary/aromatic N) is 2. The molecule has 3 atom stereocenters. The van der Waals surface area contributed by atoms with E-state index in [0.717, 1.165) is 69.4 Å². The number of carbonyl (C=O) groups excluding carboxylic acids is 2. The van der Waals surface area contributed by atoms with Crippen molar-refractivity contribution in [3.63, 3.8) is 0 Å². The van der Waals surface area contributed by atoms with E-state index in [4.69, 9.17) is 0 Å². The van der Waals surface area contributed by atoms with E-state index in [1.54, 1.807) is 4.90 Å². The molecular formula is C29H34F4N4O2. The zero-order chi connectivity index (χ0) is 27.8. The number of fused-ring (bicyclic) bond motifs is 1. The highest BCUT2D eigenvalue weighted by Gasteiger charge is 2.58. The number of amides is 3. The van der Waals surface area contributed by atoms with Gasteiger partial charge in [-0.05, 0) is 98.8 Å². The Morgan fingerprint density at radius 3 is 2.51 bits per heavy atom. The van der Waals surface area contributed by atoms with Gasteiger partial charge in [-0.3, -0.25) is 4.79 Å². The molecule has 3 fully saturated rings. The molecule has 3 amide bonds. The SMILES string of the molecule is CC(=O)Nc1cccc([C@]23CC[C@@H](N(CCN4CCCC4)C(=O)Nc4ccc(F)c(C(F)(F)F)c4)CC2C3)c1. The van der Waals surface area contributed by atoms with Crippen LogP contribution in [0.3, 0.4) is 0 Å². The lowest BCUT2D eigenvalue weighted by Gasteiger charge is -2.37. The highest BCUT2D eigenvalue weighted by molar-refractivity contribution is 5.90. The molecule has 0 spiro atoms. The molecule has 210 valence electrons. The number of anilines is 2. The maximum Gasteiger partial charge on any atom is 0.419 e. The summed E-state index contributed by atoms with van der Waals surface area (Å²) in [5, 5.41) is 5.46. The minimum Gasteiger partial charge on any atom is -0.326 e. The van der Waals surface area contributed by atoms with Crippen LogP contribution in [0.25, 0.3) is 0 Å². The average Bonchev–Trinajstić information content (AvgIpc) is 3.39. The predicted octanol–water partition coefficient (Wildman–Crippen LogP) is 6.24. The maximum absolute atomic E-state index is 13.8. The largest absolute Gasteiger partial charge is 0.419 e. The third kappa shape index (κ3) is 6.05. The minimum atomic E-state index is -4.85. The fourth-order valence-electron chi connectivity index (χ4n) is 6.48. The molecule has 2 saturated carbocycles. The molecule has 1 heterocycles. The molecule has 2 aliphatic carbocycles. The van der Waals surface area contributed by atoms with Gasteiger partial charge in [0.2, 0.25) is 5.91 Å². The highest BCUT2D eigenvalue weighted by atomic mass is 19.4. The minimum absolute atomic E-state index is 0.0284. The van der Waals surface area contributed by atoms with Crippen molar-refractivity contribution in [2.75, 3.05) is 36.8 Å². The number of hydrogen-bond acceptors (Lipinski definition) is 3. The Morgan fingerprint density at radius 1 is 1.08 bits per heavy atom. The Morgan fingerprint density at radius 2 is 1.82 bits per heavy atom. The lowest BCUT2D eigenvalue weighted by Crippen LogP contribution is -2.48. The van der Waals surface area contributed by atoms with E-state index >= 15 is 0 Å². The van der Waals surface area contributed by atoms with Crippen molar-refractivity contribution in [3.05, 3.63) is 59.4 Å². The number of urea groups is 1. The predicted molar refractivity (Wildman–Crippen MR) is 141 cm³/mol. The van der Waals surface area contributed by atoms with E-state index in [-0.39, 0.29) is 23.1 Å². The first kappa shape index (κ1) is 27.4. The number of likely N-dealkylation sites (tertiary alicyclic amines) is 1. The molecule has 5 rings (SSSR count). The van der Waals surface area contributed by atoms with Gasteiger partial charge in [0.1, 0.15) is 5.82 Å². The van der Waals surface area contributed by atoms with Crippen molar-refractivity contribution in [1.29, 1.82) is 0 Å². The van der Waals surface area contributed by atoms with Gasteiger partial charge in [-0.25, -0.2) is 9.18 Å². The summed E-state index contributed by atoms with van der Waals surface area (Å²) < 4.78 is 53.5. The fourth-order valence-corrected chi connectivity index (χ4v) is 6.48. The first-order valence-electron chi connectivity index (χ1n) is 13.6.